The molecule has 0 bridgehead atoms. The lowest BCUT2D eigenvalue weighted by Gasteiger charge is -2.28. The van der Waals surface area contributed by atoms with Crippen molar-refractivity contribution in [1.29, 1.82) is 0 Å². The highest BCUT2D eigenvalue weighted by atomic mass is 32.2. The molecular weight excluding hydrogens is 427 g/mol. The van der Waals surface area contributed by atoms with E-state index in [1.165, 1.54) is 23.1 Å². The Balaban J connectivity index is 1.51. The number of nitrogens with zero attached hydrogens (tertiary/aromatic N) is 7. The van der Waals surface area contributed by atoms with Gasteiger partial charge in [-0.3, -0.25) is 4.57 Å². The first-order chi connectivity index (χ1) is 14.0. The van der Waals surface area contributed by atoms with Gasteiger partial charge in [-0.05, 0) is 6.07 Å². The summed E-state index contributed by atoms with van der Waals surface area (Å²) in [5.74, 6) is 1.09. The van der Waals surface area contributed by atoms with Gasteiger partial charge in [0.05, 0.1) is 18.9 Å². The minimum absolute atomic E-state index is 0.203. The third kappa shape index (κ3) is 5.03. The second kappa shape index (κ2) is 8.63. The molecule has 154 valence electrons. The van der Waals surface area contributed by atoms with E-state index < -0.39 is 12.7 Å². The molecule has 0 aliphatic carbocycles. The van der Waals surface area contributed by atoms with Crippen LogP contribution in [0.25, 0.3) is 10.8 Å². The van der Waals surface area contributed by atoms with Crippen LogP contribution in [-0.2, 0) is 17.0 Å². The average molecular weight is 443 g/mol. The van der Waals surface area contributed by atoms with Gasteiger partial charge < -0.3 is 9.64 Å². The summed E-state index contributed by atoms with van der Waals surface area (Å²) in [5, 5.41) is 10.7. The largest absolute Gasteiger partial charge is 0.406 e. The average Bonchev–Trinajstić information content (AvgIpc) is 3.34. The molecule has 3 aromatic rings. The minimum atomic E-state index is -4.38. The number of hydrogen-bond acceptors (Lipinski definition) is 9. The SMILES string of the molecule is FC(F)(F)Cn1c(SCc2csc(-c3ncccn3)n2)nnc1N1CCOCC1. The number of rotatable bonds is 6. The summed E-state index contributed by atoms with van der Waals surface area (Å²) in [6.07, 6.45) is -1.12. The number of aromatic nitrogens is 6. The van der Waals surface area contributed by atoms with E-state index in [9.17, 15) is 13.2 Å². The molecule has 1 saturated heterocycles. The van der Waals surface area contributed by atoms with Gasteiger partial charge in [-0.25, -0.2) is 15.0 Å². The van der Waals surface area contributed by atoms with E-state index in [0.717, 1.165) is 10.3 Å². The second-order valence-corrected chi connectivity index (χ2v) is 7.89. The number of alkyl halides is 3. The molecule has 0 saturated carbocycles. The van der Waals surface area contributed by atoms with Crippen molar-refractivity contribution in [2.45, 2.75) is 23.6 Å². The molecule has 13 heteroatoms. The lowest BCUT2D eigenvalue weighted by molar-refractivity contribution is -0.141. The third-order valence-electron chi connectivity index (χ3n) is 3.99. The lowest BCUT2D eigenvalue weighted by Crippen LogP contribution is -2.38. The van der Waals surface area contributed by atoms with Gasteiger partial charge in [-0.15, -0.1) is 21.5 Å². The number of hydrogen-bond donors (Lipinski definition) is 0. The predicted octanol–water partition coefficient (Wildman–Crippen LogP) is 2.88. The van der Waals surface area contributed by atoms with Gasteiger partial charge in [0.15, 0.2) is 16.0 Å². The normalized spacial score (nSPS) is 15.1. The summed E-state index contributed by atoms with van der Waals surface area (Å²) in [4.78, 5) is 14.5. The van der Waals surface area contributed by atoms with Crippen LogP contribution in [0.4, 0.5) is 19.1 Å². The third-order valence-corrected chi connectivity index (χ3v) is 5.87. The van der Waals surface area contributed by atoms with Gasteiger partial charge >= 0.3 is 6.18 Å². The first-order valence-corrected chi connectivity index (χ1v) is 10.5. The molecule has 0 atom stereocenters. The first kappa shape index (κ1) is 20.0. The topological polar surface area (TPSA) is 81.8 Å². The van der Waals surface area contributed by atoms with Gasteiger partial charge in [0.25, 0.3) is 0 Å². The van der Waals surface area contributed by atoms with Crippen LogP contribution < -0.4 is 4.90 Å². The highest BCUT2D eigenvalue weighted by Gasteiger charge is 2.32. The highest BCUT2D eigenvalue weighted by Crippen LogP contribution is 2.30. The number of anilines is 1. The monoisotopic (exact) mass is 443 g/mol. The molecule has 1 aliphatic heterocycles. The number of thiazole rings is 1. The van der Waals surface area contributed by atoms with Crippen molar-refractivity contribution in [3.8, 4) is 10.8 Å². The Bertz CT molecular complexity index is 942. The Morgan fingerprint density at radius 2 is 1.90 bits per heavy atom. The summed E-state index contributed by atoms with van der Waals surface area (Å²) in [7, 11) is 0. The minimum Gasteiger partial charge on any atom is -0.378 e. The van der Waals surface area contributed by atoms with Crippen LogP contribution in [0.1, 0.15) is 5.69 Å². The van der Waals surface area contributed by atoms with E-state index in [1.807, 2.05) is 5.38 Å². The van der Waals surface area contributed by atoms with Gasteiger partial charge in [-0.2, -0.15) is 13.2 Å². The molecular formula is C16H16F3N7OS2. The second-order valence-electron chi connectivity index (χ2n) is 6.09. The Hall–Kier alpha value is -2.25. The van der Waals surface area contributed by atoms with Gasteiger partial charge in [-0.1, -0.05) is 11.8 Å². The van der Waals surface area contributed by atoms with Crippen LogP contribution in [0.5, 0.6) is 0 Å². The smallest absolute Gasteiger partial charge is 0.378 e. The summed E-state index contributed by atoms with van der Waals surface area (Å²) in [6, 6.07) is 1.72. The maximum atomic E-state index is 13.1. The van der Waals surface area contributed by atoms with Crippen LogP contribution >= 0.6 is 23.1 Å². The molecule has 0 unspecified atom stereocenters. The van der Waals surface area contributed by atoms with Crippen molar-refractivity contribution in [2.75, 3.05) is 31.2 Å². The maximum Gasteiger partial charge on any atom is 0.406 e. The van der Waals surface area contributed by atoms with E-state index in [1.54, 1.807) is 23.4 Å². The molecule has 29 heavy (non-hydrogen) atoms. The first-order valence-electron chi connectivity index (χ1n) is 8.67. The Morgan fingerprint density at radius 3 is 2.62 bits per heavy atom. The van der Waals surface area contributed by atoms with Crippen LogP contribution in [0.15, 0.2) is 29.0 Å². The van der Waals surface area contributed by atoms with Gasteiger partial charge in [0.2, 0.25) is 5.95 Å². The van der Waals surface area contributed by atoms with Crippen molar-refractivity contribution in [3.63, 3.8) is 0 Å². The van der Waals surface area contributed by atoms with E-state index in [-0.39, 0.29) is 11.1 Å². The van der Waals surface area contributed by atoms with Crippen LogP contribution in [0.2, 0.25) is 0 Å². The molecule has 3 aromatic heterocycles. The molecule has 0 N–H and O–H groups in total. The zero-order chi connectivity index (χ0) is 20.3. The molecule has 0 aromatic carbocycles. The highest BCUT2D eigenvalue weighted by molar-refractivity contribution is 7.98. The summed E-state index contributed by atoms with van der Waals surface area (Å²) >= 11 is 2.55. The Labute approximate surface area is 172 Å². The molecule has 4 heterocycles. The Morgan fingerprint density at radius 1 is 1.14 bits per heavy atom. The number of thioether (sulfide) groups is 1. The van der Waals surface area contributed by atoms with E-state index in [2.05, 4.69) is 25.1 Å². The van der Waals surface area contributed by atoms with Crippen molar-refractivity contribution < 1.29 is 17.9 Å². The predicted molar refractivity (Wildman–Crippen MR) is 102 cm³/mol. The Kier molecular flexibility index (Phi) is 5.96. The zero-order valence-corrected chi connectivity index (χ0v) is 16.7. The fourth-order valence-electron chi connectivity index (χ4n) is 2.73. The maximum absolute atomic E-state index is 13.1. The molecule has 4 rings (SSSR count). The molecule has 1 aliphatic rings. The molecule has 8 nitrogen and oxygen atoms in total. The van der Waals surface area contributed by atoms with Gasteiger partial charge in [0.1, 0.15) is 6.54 Å². The fourth-order valence-corrected chi connectivity index (χ4v) is 4.42. The number of ether oxygens (including phenoxy) is 1. The standard InChI is InChI=1S/C16H16F3N7OS2/c17-16(18,19)10-26-14(25-4-6-27-7-5-25)23-24-15(26)29-9-11-8-28-13(22-11)12-20-2-1-3-21-12/h1-3,8H,4-7,9-10H2. The molecule has 0 radical (unpaired) electrons. The quantitative estimate of drug-likeness (QED) is 0.538. The van der Waals surface area contributed by atoms with Crippen molar-refractivity contribution in [1.82, 2.24) is 29.7 Å². The van der Waals surface area contributed by atoms with E-state index in [4.69, 9.17) is 4.74 Å². The van der Waals surface area contributed by atoms with Crippen molar-refractivity contribution >= 4 is 29.0 Å². The van der Waals surface area contributed by atoms with Crippen LogP contribution in [0, 0.1) is 0 Å². The fraction of sp³-hybridized carbons (Fsp3) is 0.438. The zero-order valence-electron chi connectivity index (χ0n) is 15.0. The number of morpholine rings is 1. The van der Waals surface area contributed by atoms with E-state index in [0.29, 0.717) is 42.9 Å². The summed E-state index contributed by atoms with van der Waals surface area (Å²) in [5.41, 5.74) is 0.719. The molecule has 1 fully saturated rings. The molecule has 0 spiro atoms. The van der Waals surface area contributed by atoms with Crippen LogP contribution in [-0.4, -0.2) is 62.2 Å². The molecule has 0 amide bonds. The van der Waals surface area contributed by atoms with Crippen molar-refractivity contribution in [3.05, 3.63) is 29.5 Å². The lowest BCUT2D eigenvalue weighted by atomic mass is 10.4. The van der Waals surface area contributed by atoms with E-state index >= 15 is 0 Å². The van der Waals surface area contributed by atoms with Gasteiger partial charge in [0, 0.05) is 36.6 Å². The number of halogens is 3. The summed E-state index contributed by atoms with van der Waals surface area (Å²) < 4.78 is 45.8. The van der Waals surface area contributed by atoms with Crippen molar-refractivity contribution in [2.24, 2.45) is 0 Å². The van der Waals surface area contributed by atoms with Crippen LogP contribution in [0.3, 0.4) is 0 Å². The summed E-state index contributed by atoms with van der Waals surface area (Å²) in [6.45, 7) is 0.713.